The number of halogens is 2. The molecule has 5 nitrogen and oxygen atoms in total. The molecule has 0 aromatic heterocycles. The fraction of sp³-hybridized carbons (Fsp3) is 0.364. The summed E-state index contributed by atoms with van der Waals surface area (Å²) in [5.41, 5.74) is 0. The molecule has 0 aliphatic rings. The average Bonchev–Trinajstić information content (AvgIpc) is 2.30. The highest BCUT2D eigenvalue weighted by molar-refractivity contribution is 8.13. The third-order valence-corrected chi connectivity index (χ3v) is 3.86. The van der Waals surface area contributed by atoms with Crippen molar-refractivity contribution in [2.45, 2.75) is 24.8 Å². The van der Waals surface area contributed by atoms with E-state index in [0.717, 1.165) is 0 Å². The van der Waals surface area contributed by atoms with Crippen LogP contribution in [0, 0.1) is 0 Å². The third-order valence-electron chi connectivity index (χ3n) is 2.21. The quantitative estimate of drug-likeness (QED) is 0.842. The Balaban J connectivity index is 2.89. The second kappa shape index (κ2) is 6.45. The molecule has 1 amide bonds. The minimum absolute atomic E-state index is 0.0675. The van der Waals surface area contributed by atoms with Gasteiger partial charge in [-0.3, -0.25) is 4.79 Å². The topological polar surface area (TPSA) is 72.5 Å². The third kappa shape index (κ3) is 4.56. The maximum Gasteiger partial charge on any atom is 0.261 e. The lowest BCUT2D eigenvalue weighted by Crippen LogP contribution is -2.36. The zero-order valence-electron chi connectivity index (χ0n) is 10.3. The van der Waals surface area contributed by atoms with Gasteiger partial charge >= 0.3 is 0 Å². The van der Waals surface area contributed by atoms with E-state index in [0.29, 0.717) is 6.54 Å². The number of hydrogen-bond donors (Lipinski definition) is 1. The fourth-order valence-corrected chi connectivity index (χ4v) is 2.36. The Labute approximate surface area is 121 Å². The van der Waals surface area contributed by atoms with Crippen molar-refractivity contribution in [2.24, 2.45) is 0 Å². The van der Waals surface area contributed by atoms with Crippen molar-refractivity contribution < 1.29 is 17.9 Å². The molecule has 0 saturated heterocycles. The molecule has 1 N–H and O–H groups in total. The van der Waals surface area contributed by atoms with E-state index in [2.05, 4.69) is 5.32 Å². The Hall–Kier alpha value is -0.980. The van der Waals surface area contributed by atoms with Crippen molar-refractivity contribution >= 4 is 37.2 Å². The predicted molar refractivity (Wildman–Crippen MR) is 73.3 cm³/mol. The molecule has 1 aromatic rings. The van der Waals surface area contributed by atoms with E-state index in [4.69, 9.17) is 27.0 Å². The first-order chi connectivity index (χ1) is 8.75. The van der Waals surface area contributed by atoms with Gasteiger partial charge in [0.05, 0.1) is 9.92 Å². The minimum atomic E-state index is -3.84. The van der Waals surface area contributed by atoms with Gasteiger partial charge in [-0.2, -0.15) is 0 Å². The lowest BCUT2D eigenvalue weighted by molar-refractivity contribution is -0.127. The van der Waals surface area contributed by atoms with Gasteiger partial charge in [0.2, 0.25) is 0 Å². The summed E-state index contributed by atoms with van der Waals surface area (Å²) >= 11 is 5.88. The number of benzene rings is 1. The van der Waals surface area contributed by atoms with Crippen molar-refractivity contribution in [1.82, 2.24) is 5.32 Å². The molecule has 106 valence electrons. The standard InChI is InChI=1S/C11H13Cl2NO4S/c1-3-14-11(15)7(2)18-10-5-4-8(6-9(10)12)19(13,16)17/h4-7H,3H2,1-2H3,(H,14,15). The van der Waals surface area contributed by atoms with Crippen LogP contribution in [0.25, 0.3) is 0 Å². The Morgan fingerprint density at radius 3 is 2.58 bits per heavy atom. The van der Waals surface area contributed by atoms with Crippen LogP contribution >= 0.6 is 22.3 Å². The molecule has 19 heavy (non-hydrogen) atoms. The number of carbonyl (C=O) groups is 1. The highest BCUT2D eigenvalue weighted by atomic mass is 35.7. The summed E-state index contributed by atoms with van der Waals surface area (Å²) in [4.78, 5) is 11.4. The highest BCUT2D eigenvalue weighted by Gasteiger charge is 2.17. The Bertz CT molecular complexity index is 574. The zero-order chi connectivity index (χ0) is 14.6. The second-order valence-corrected chi connectivity index (χ2v) is 6.66. The highest BCUT2D eigenvalue weighted by Crippen LogP contribution is 2.29. The van der Waals surface area contributed by atoms with Gasteiger partial charge in [-0.1, -0.05) is 11.6 Å². The molecule has 0 spiro atoms. The molecule has 0 heterocycles. The fourth-order valence-electron chi connectivity index (χ4n) is 1.29. The molecule has 0 aliphatic carbocycles. The summed E-state index contributed by atoms with van der Waals surface area (Å²) in [6.07, 6.45) is -0.740. The van der Waals surface area contributed by atoms with Crippen molar-refractivity contribution in [1.29, 1.82) is 0 Å². The van der Waals surface area contributed by atoms with Gasteiger partial charge in [-0.25, -0.2) is 8.42 Å². The van der Waals surface area contributed by atoms with Gasteiger partial charge in [0.1, 0.15) is 5.75 Å². The molecule has 1 rings (SSSR count). The van der Waals surface area contributed by atoms with Crippen LogP contribution < -0.4 is 10.1 Å². The molecule has 1 unspecified atom stereocenters. The number of likely N-dealkylation sites (N-methyl/N-ethyl adjacent to an activating group) is 1. The van der Waals surface area contributed by atoms with Crippen molar-refractivity contribution in [3.63, 3.8) is 0 Å². The van der Waals surface area contributed by atoms with Gasteiger partial charge in [0.15, 0.2) is 6.10 Å². The van der Waals surface area contributed by atoms with Crippen molar-refractivity contribution in [3.8, 4) is 5.75 Å². The summed E-state index contributed by atoms with van der Waals surface area (Å²) < 4.78 is 27.6. The van der Waals surface area contributed by atoms with Gasteiger partial charge in [-0.15, -0.1) is 0 Å². The van der Waals surface area contributed by atoms with Crippen LogP contribution in [-0.4, -0.2) is 27.0 Å². The smallest absolute Gasteiger partial charge is 0.261 e. The Morgan fingerprint density at radius 1 is 1.47 bits per heavy atom. The molecule has 0 aliphatic heterocycles. The van der Waals surface area contributed by atoms with E-state index in [9.17, 15) is 13.2 Å². The van der Waals surface area contributed by atoms with Gasteiger partial charge in [0.25, 0.3) is 15.0 Å². The largest absolute Gasteiger partial charge is 0.479 e. The van der Waals surface area contributed by atoms with E-state index in [-0.39, 0.29) is 21.6 Å². The monoisotopic (exact) mass is 325 g/mol. The Kier molecular flexibility index (Phi) is 5.46. The minimum Gasteiger partial charge on any atom is -0.479 e. The lowest BCUT2D eigenvalue weighted by atomic mass is 10.3. The normalized spacial score (nSPS) is 12.8. The number of hydrogen-bond acceptors (Lipinski definition) is 4. The van der Waals surface area contributed by atoms with E-state index in [1.807, 2.05) is 0 Å². The van der Waals surface area contributed by atoms with Crippen LogP contribution in [0.2, 0.25) is 5.02 Å². The van der Waals surface area contributed by atoms with E-state index < -0.39 is 15.2 Å². The lowest BCUT2D eigenvalue weighted by Gasteiger charge is -2.15. The van der Waals surface area contributed by atoms with Crippen LogP contribution in [0.3, 0.4) is 0 Å². The number of carbonyl (C=O) groups excluding carboxylic acids is 1. The number of amides is 1. The van der Waals surface area contributed by atoms with Crippen LogP contribution in [0.4, 0.5) is 0 Å². The predicted octanol–water partition coefficient (Wildman–Crippen LogP) is 2.17. The average molecular weight is 326 g/mol. The number of rotatable bonds is 5. The maximum atomic E-state index is 11.5. The van der Waals surface area contributed by atoms with Crippen molar-refractivity contribution in [3.05, 3.63) is 23.2 Å². The van der Waals surface area contributed by atoms with Gasteiger partial charge in [-0.05, 0) is 32.0 Å². The number of nitrogens with one attached hydrogen (secondary N) is 1. The summed E-state index contributed by atoms with van der Waals surface area (Å²) in [5, 5.41) is 2.66. The van der Waals surface area contributed by atoms with E-state index >= 15 is 0 Å². The molecule has 0 bridgehead atoms. The van der Waals surface area contributed by atoms with Crippen LogP contribution in [0.5, 0.6) is 5.75 Å². The summed E-state index contributed by atoms with van der Waals surface area (Å²) in [7, 11) is 1.35. The molecular formula is C11H13Cl2NO4S. The first-order valence-electron chi connectivity index (χ1n) is 5.44. The van der Waals surface area contributed by atoms with E-state index in [1.54, 1.807) is 13.8 Å². The number of ether oxygens (including phenoxy) is 1. The van der Waals surface area contributed by atoms with E-state index in [1.165, 1.54) is 18.2 Å². The molecule has 8 heteroatoms. The summed E-state index contributed by atoms with van der Waals surface area (Å²) in [5.74, 6) is -0.0721. The van der Waals surface area contributed by atoms with Crippen LogP contribution in [-0.2, 0) is 13.8 Å². The molecule has 0 fully saturated rings. The second-order valence-electron chi connectivity index (χ2n) is 3.68. The molecule has 1 aromatic carbocycles. The SMILES string of the molecule is CCNC(=O)C(C)Oc1ccc(S(=O)(=O)Cl)cc1Cl. The zero-order valence-corrected chi connectivity index (χ0v) is 12.6. The molecule has 1 atom stereocenters. The van der Waals surface area contributed by atoms with Crippen LogP contribution in [0.1, 0.15) is 13.8 Å². The maximum absolute atomic E-state index is 11.5. The van der Waals surface area contributed by atoms with Gasteiger partial charge in [0, 0.05) is 17.2 Å². The first-order valence-corrected chi connectivity index (χ1v) is 8.13. The molecule has 0 saturated carbocycles. The molecular weight excluding hydrogens is 313 g/mol. The van der Waals surface area contributed by atoms with Gasteiger partial charge < -0.3 is 10.1 Å². The summed E-state index contributed by atoms with van der Waals surface area (Å²) in [6, 6.07) is 3.78. The van der Waals surface area contributed by atoms with Crippen molar-refractivity contribution in [2.75, 3.05) is 6.54 Å². The first kappa shape index (κ1) is 16.1. The molecule has 0 radical (unpaired) electrons. The summed E-state index contributed by atoms with van der Waals surface area (Å²) in [6.45, 7) is 3.84. The van der Waals surface area contributed by atoms with Crippen LogP contribution in [0.15, 0.2) is 23.1 Å². The Morgan fingerprint density at radius 2 is 2.11 bits per heavy atom.